The first-order valence-corrected chi connectivity index (χ1v) is 8.21. The summed E-state index contributed by atoms with van der Waals surface area (Å²) in [7, 11) is 4.16. The van der Waals surface area contributed by atoms with Crippen molar-refractivity contribution in [1.82, 2.24) is 5.32 Å². The second-order valence-corrected chi connectivity index (χ2v) is 6.32. The fraction of sp³-hybridized carbons (Fsp3) is 0.200. The highest BCUT2D eigenvalue weighted by molar-refractivity contribution is 5.96. The molecule has 0 spiro atoms. The van der Waals surface area contributed by atoms with E-state index in [2.05, 4.69) is 25.5 Å². The highest BCUT2D eigenvalue weighted by Crippen LogP contribution is 2.13. The van der Waals surface area contributed by atoms with Crippen molar-refractivity contribution in [3.63, 3.8) is 0 Å². The molecule has 0 atom stereocenters. The second kappa shape index (κ2) is 7.32. The van der Waals surface area contributed by atoms with Crippen molar-refractivity contribution in [2.24, 2.45) is 0 Å². The van der Waals surface area contributed by atoms with Crippen LogP contribution >= 0.6 is 0 Å². The number of hydrogen-bond donors (Lipinski definition) is 2. The maximum absolute atomic E-state index is 12.4. The summed E-state index contributed by atoms with van der Waals surface area (Å²) in [5, 5.41) is 3.55. The minimum absolute atomic E-state index is 0.0226. The molecule has 0 saturated heterocycles. The maximum atomic E-state index is 12.4. The molecule has 5 nitrogen and oxygen atoms in total. The average molecular weight is 337 g/mol. The van der Waals surface area contributed by atoms with Crippen molar-refractivity contribution in [2.75, 3.05) is 14.1 Å². The van der Waals surface area contributed by atoms with E-state index in [4.69, 9.17) is 4.42 Å². The quantitative estimate of drug-likeness (QED) is 0.691. The molecule has 25 heavy (non-hydrogen) atoms. The predicted octanol–water partition coefficient (Wildman–Crippen LogP) is 1.37. The highest BCUT2D eigenvalue weighted by Gasteiger charge is 2.14. The molecular formula is C20H21N2O3+. The standard InChI is InChI=1S/C20H20N2O3/c1-22(2)13-16-9-4-3-8-15(16)12-21-19(23)17-11-14-7-5-6-10-18(14)25-20(17)24/h3-11H,12-13H2,1-2H3,(H,21,23)/p+1. The lowest BCUT2D eigenvalue weighted by Gasteiger charge is -2.12. The smallest absolute Gasteiger partial charge is 0.349 e. The van der Waals surface area contributed by atoms with Crippen LogP contribution in [0.2, 0.25) is 0 Å². The van der Waals surface area contributed by atoms with E-state index in [1.807, 2.05) is 30.3 Å². The monoisotopic (exact) mass is 337 g/mol. The molecule has 0 aliphatic heterocycles. The van der Waals surface area contributed by atoms with Crippen LogP contribution in [0.25, 0.3) is 11.0 Å². The molecule has 0 bridgehead atoms. The molecule has 1 aromatic heterocycles. The van der Waals surface area contributed by atoms with Gasteiger partial charge in [0.25, 0.3) is 5.91 Å². The van der Waals surface area contributed by atoms with Crippen LogP contribution in [-0.2, 0) is 13.1 Å². The lowest BCUT2D eigenvalue weighted by atomic mass is 10.1. The number of quaternary nitrogens is 1. The molecule has 3 aromatic rings. The second-order valence-electron chi connectivity index (χ2n) is 6.32. The van der Waals surface area contributed by atoms with Gasteiger partial charge in [-0.05, 0) is 17.7 Å². The first kappa shape index (κ1) is 16.9. The van der Waals surface area contributed by atoms with Crippen LogP contribution in [0.3, 0.4) is 0 Å². The number of carbonyl (C=O) groups is 1. The highest BCUT2D eigenvalue weighted by atomic mass is 16.4. The predicted molar refractivity (Wildman–Crippen MR) is 96.6 cm³/mol. The van der Waals surface area contributed by atoms with E-state index in [0.717, 1.165) is 17.5 Å². The van der Waals surface area contributed by atoms with Gasteiger partial charge in [0.05, 0.1) is 14.1 Å². The van der Waals surface area contributed by atoms with Crippen LogP contribution in [-0.4, -0.2) is 20.0 Å². The molecule has 0 aliphatic rings. The van der Waals surface area contributed by atoms with Gasteiger partial charge in [0.1, 0.15) is 17.7 Å². The van der Waals surface area contributed by atoms with E-state index < -0.39 is 11.5 Å². The molecule has 0 unspecified atom stereocenters. The van der Waals surface area contributed by atoms with Gasteiger partial charge in [-0.25, -0.2) is 4.79 Å². The van der Waals surface area contributed by atoms with Crippen molar-refractivity contribution in [3.05, 3.63) is 81.7 Å². The Hall–Kier alpha value is -2.92. The number of nitrogens with one attached hydrogen (secondary N) is 2. The number of para-hydroxylation sites is 1. The Kier molecular flexibility index (Phi) is 4.95. The Morgan fingerprint density at radius 1 is 1.04 bits per heavy atom. The van der Waals surface area contributed by atoms with E-state index in [0.29, 0.717) is 12.1 Å². The van der Waals surface area contributed by atoms with Crippen molar-refractivity contribution in [3.8, 4) is 0 Å². The van der Waals surface area contributed by atoms with Gasteiger partial charge in [-0.2, -0.15) is 0 Å². The van der Waals surface area contributed by atoms with Gasteiger partial charge >= 0.3 is 5.63 Å². The summed E-state index contributed by atoms with van der Waals surface area (Å²) in [6, 6.07) is 16.7. The van der Waals surface area contributed by atoms with Gasteiger partial charge < -0.3 is 14.6 Å². The zero-order valence-electron chi connectivity index (χ0n) is 14.3. The molecule has 5 heteroatoms. The van der Waals surface area contributed by atoms with Gasteiger partial charge in [-0.1, -0.05) is 42.5 Å². The number of fused-ring (bicyclic) bond motifs is 1. The number of rotatable bonds is 5. The van der Waals surface area contributed by atoms with Gasteiger partial charge in [0.2, 0.25) is 0 Å². The largest absolute Gasteiger partial charge is 0.422 e. The summed E-state index contributed by atoms with van der Waals surface area (Å²) in [5.41, 5.74) is 2.09. The van der Waals surface area contributed by atoms with E-state index in [-0.39, 0.29) is 5.56 Å². The number of benzene rings is 2. The fourth-order valence-electron chi connectivity index (χ4n) is 2.77. The van der Waals surface area contributed by atoms with Crippen LogP contribution in [0.1, 0.15) is 21.5 Å². The van der Waals surface area contributed by atoms with Gasteiger partial charge in [0.15, 0.2) is 0 Å². The lowest BCUT2D eigenvalue weighted by Crippen LogP contribution is -3.04. The third-order valence-electron chi connectivity index (χ3n) is 3.99. The summed E-state index contributed by atoms with van der Waals surface area (Å²) < 4.78 is 5.22. The van der Waals surface area contributed by atoms with Crippen LogP contribution in [0.15, 0.2) is 63.8 Å². The molecule has 128 valence electrons. The molecule has 2 aromatic carbocycles. The van der Waals surface area contributed by atoms with E-state index >= 15 is 0 Å². The molecule has 2 N–H and O–H groups in total. The number of carbonyl (C=O) groups excluding carboxylic acids is 1. The van der Waals surface area contributed by atoms with Crippen LogP contribution in [0, 0.1) is 0 Å². The Bertz CT molecular complexity index is 960. The van der Waals surface area contributed by atoms with Gasteiger partial charge in [0, 0.05) is 17.5 Å². The summed E-state index contributed by atoms with van der Waals surface area (Å²) in [4.78, 5) is 25.8. The van der Waals surface area contributed by atoms with Crippen LogP contribution in [0.4, 0.5) is 0 Å². The molecule has 0 aliphatic carbocycles. The molecule has 1 amide bonds. The Labute approximate surface area is 145 Å². The molecule has 0 saturated carbocycles. The van der Waals surface area contributed by atoms with Gasteiger partial charge in [-0.15, -0.1) is 0 Å². The minimum atomic E-state index is -0.623. The SMILES string of the molecule is C[NH+](C)Cc1ccccc1CNC(=O)c1cc2ccccc2oc1=O. The van der Waals surface area contributed by atoms with E-state index in [1.165, 1.54) is 10.5 Å². The molecule has 3 rings (SSSR count). The first-order valence-electron chi connectivity index (χ1n) is 8.21. The molecular weight excluding hydrogens is 316 g/mol. The Balaban J connectivity index is 1.80. The Morgan fingerprint density at radius 3 is 2.48 bits per heavy atom. The normalized spacial score (nSPS) is 11.0. The molecule has 0 radical (unpaired) electrons. The zero-order chi connectivity index (χ0) is 17.8. The summed E-state index contributed by atoms with van der Waals surface area (Å²) in [5.74, 6) is -0.425. The number of amides is 1. The molecule has 0 fully saturated rings. The topological polar surface area (TPSA) is 63.8 Å². The van der Waals surface area contributed by atoms with E-state index in [1.54, 1.807) is 18.2 Å². The van der Waals surface area contributed by atoms with Crippen LogP contribution in [0.5, 0.6) is 0 Å². The average Bonchev–Trinajstić information content (AvgIpc) is 2.59. The van der Waals surface area contributed by atoms with E-state index in [9.17, 15) is 9.59 Å². The maximum Gasteiger partial charge on any atom is 0.349 e. The number of hydrogen-bond acceptors (Lipinski definition) is 3. The minimum Gasteiger partial charge on any atom is -0.422 e. The fourth-order valence-corrected chi connectivity index (χ4v) is 2.77. The van der Waals surface area contributed by atoms with Crippen molar-refractivity contribution in [2.45, 2.75) is 13.1 Å². The van der Waals surface area contributed by atoms with Crippen molar-refractivity contribution >= 4 is 16.9 Å². The Morgan fingerprint density at radius 2 is 1.72 bits per heavy atom. The van der Waals surface area contributed by atoms with Crippen molar-refractivity contribution in [1.29, 1.82) is 0 Å². The van der Waals surface area contributed by atoms with Gasteiger partial charge in [-0.3, -0.25) is 4.79 Å². The third-order valence-corrected chi connectivity index (χ3v) is 3.99. The molecule has 1 heterocycles. The van der Waals surface area contributed by atoms with Crippen molar-refractivity contribution < 1.29 is 14.1 Å². The zero-order valence-corrected chi connectivity index (χ0v) is 14.3. The lowest BCUT2D eigenvalue weighted by molar-refractivity contribution is -0.872. The summed E-state index contributed by atoms with van der Waals surface area (Å²) in [6.07, 6.45) is 0. The van der Waals surface area contributed by atoms with Crippen LogP contribution < -0.4 is 15.8 Å². The summed E-state index contributed by atoms with van der Waals surface area (Å²) >= 11 is 0. The summed E-state index contributed by atoms with van der Waals surface area (Å²) in [6.45, 7) is 1.23. The third kappa shape index (κ3) is 3.95. The first-order chi connectivity index (χ1) is 12.0.